The van der Waals surface area contributed by atoms with E-state index in [4.69, 9.17) is 33.3 Å². The summed E-state index contributed by atoms with van der Waals surface area (Å²) in [5.74, 6) is 2.35. The Balaban J connectivity index is 1.57. The molecule has 0 saturated heterocycles. The summed E-state index contributed by atoms with van der Waals surface area (Å²) >= 11 is 13.0. The minimum Gasteiger partial charge on any atom is -0.454 e. The maximum Gasteiger partial charge on any atom is 0.231 e. The highest BCUT2D eigenvalue weighted by molar-refractivity contribution is 8.22. The number of anilines is 1. The van der Waals surface area contributed by atoms with Gasteiger partial charge in [0.25, 0.3) is 0 Å². The van der Waals surface area contributed by atoms with Crippen LogP contribution >= 0.6 is 35.6 Å². The molecule has 2 aromatic rings. The fourth-order valence-corrected chi connectivity index (χ4v) is 3.15. The van der Waals surface area contributed by atoms with Gasteiger partial charge >= 0.3 is 0 Å². The van der Waals surface area contributed by atoms with Crippen molar-refractivity contribution in [2.24, 2.45) is 0 Å². The van der Waals surface area contributed by atoms with Crippen molar-refractivity contribution in [3.05, 3.63) is 52.5 Å². The molecular formula is C16H14ClNO2S2. The van der Waals surface area contributed by atoms with Gasteiger partial charge in [-0.25, -0.2) is 0 Å². The van der Waals surface area contributed by atoms with Gasteiger partial charge in [-0.15, -0.1) is 0 Å². The van der Waals surface area contributed by atoms with Crippen LogP contribution in [0, 0.1) is 6.92 Å². The third-order valence-corrected chi connectivity index (χ3v) is 4.93. The number of thiocarbonyl (C=S) groups is 1. The van der Waals surface area contributed by atoms with Crippen molar-refractivity contribution in [1.29, 1.82) is 0 Å². The number of ether oxygens (including phenoxy) is 2. The van der Waals surface area contributed by atoms with Gasteiger partial charge < -0.3 is 14.8 Å². The zero-order valence-corrected chi connectivity index (χ0v) is 14.3. The summed E-state index contributed by atoms with van der Waals surface area (Å²) in [5.41, 5.74) is 3.09. The third kappa shape index (κ3) is 3.66. The summed E-state index contributed by atoms with van der Waals surface area (Å²) in [6.45, 7) is 2.26. The van der Waals surface area contributed by atoms with Crippen LogP contribution in [0.15, 0.2) is 36.4 Å². The molecule has 1 aliphatic rings. The van der Waals surface area contributed by atoms with E-state index in [0.717, 1.165) is 39.1 Å². The SMILES string of the molecule is Cc1ccc(NC(=S)SCc2ccc3c(c2)OCO3)cc1Cl. The third-order valence-electron chi connectivity index (χ3n) is 3.23. The number of rotatable bonds is 3. The molecule has 0 radical (unpaired) electrons. The Labute approximate surface area is 144 Å². The predicted octanol–water partition coefficient (Wildman–Crippen LogP) is 5.01. The molecule has 0 atom stereocenters. The number of hydrogen-bond donors (Lipinski definition) is 1. The van der Waals surface area contributed by atoms with Crippen molar-refractivity contribution in [2.45, 2.75) is 12.7 Å². The summed E-state index contributed by atoms with van der Waals surface area (Å²) < 4.78 is 11.4. The molecule has 0 saturated carbocycles. The monoisotopic (exact) mass is 351 g/mol. The molecule has 114 valence electrons. The van der Waals surface area contributed by atoms with E-state index >= 15 is 0 Å². The van der Waals surface area contributed by atoms with E-state index in [1.807, 2.05) is 43.3 Å². The Bertz CT molecular complexity index is 721. The highest BCUT2D eigenvalue weighted by atomic mass is 35.5. The molecule has 1 N–H and O–H groups in total. The molecule has 3 nitrogen and oxygen atoms in total. The Morgan fingerprint density at radius 3 is 2.86 bits per heavy atom. The first-order valence-corrected chi connectivity index (χ1v) is 8.47. The maximum atomic E-state index is 6.11. The number of halogens is 1. The molecule has 0 bridgehead atoms. The zero-order valence-electron chi connectivity index (χ0n) is 11.9. The van der Waals surface area contributed by atoms with E-state index in [2.05, 4.69) is 5.32 Å². The van der Waals surface area contributed by atoms with Crippen molar-refractivity contribution < 1.29 is 9.47 Å². The van der Waals surface area contributed by atoms with Gasteiger partial charge in [0.15, 0.2) is 11.5 Å². The van der Waals surface area contributed by atoms with E-state index in [1.165, 1.54) is 0 Å². The second kappa shape index (κ2) is 6.77. The molecule has 0 amide bonds. The summed E-state index contributed by atoms with van der Waals surface area (Å²) in [5, 5.41) is 3.92. The molecule has 0 spiro atoms. The molecule has 6 heteroatoms. The lowest BCUT2D eigenvalue weighted by Crippen LogP contribution is -2.04. The number of aryl methyl sites for hydroxylation is 1. The highest BCUT2D eigenvalue weighted by Crippen LogP contribution is 2.33. The van der Waals surface area contributed by atoms with Gasteiger partial charge in [-0.3, -0.25) is 0 Å². The first kappa shape index (κ1) is 15.5. The maximum absolute atomic E-state index is 6.11. The van der Waals surface area contributed by atoms with Gasteiger partial charge in [0.05, 0.1) is 0 Å². The number of nitrogens with one attached hydrogen (secondary N) is 1. The number of thioether (sulfide) groups is 1. The normalized spacial score (nSPS) is 12.3. The van der Waals surface area contributed by atoms with Crippen molar-refractivity contribution in [3.8, 4) is 11.5 Å². The Morgan fingerprint density at radius 2 is 2.05 bits per heavy atom. The quantitative estimate of drug-likeness (QED) is 0.785. The lowest BCUT2D eigenvalue weighted by atomic mass is 10.2. The van der Waals surface area contributed by atoms with Gasteiger partial charge in [-0.1, -0.05) is 47.7 Å². The number of hydrogen-bond acceptors (Lipinski definition) is 4. The molecule has 22 heavy (non-hydrogen) atoms. The number of fused-ring (bicyclic) bond motifs is 1. The average molecular weight is 352 g/mol. The largest absolute Gasteiger partial charge is 0.454 e. The van der Waals surface area contributed by atoms with Crippen LogP contribution in [0.1, 0.15) is 11.1 Å². The molecule has 0 fully saturated rings. The highest BCUT2D eigenvalue weighted by Gasteiger charge is 2.13. The van der Waals surface area contributed by atoms with E-state index in [1.54, 1.807) is 11.8 Å². The molecule has 2 aromatic carbocycles. The molecule has 0 unspecified atom stereocenters. The van der Waals surface area contributed by atoms with Crippen LogP contribution in [0.25, 0.3) is 0 Å². The first-order chi connectivity index (χ1) is 10.6. The van der Waals surface area contributed by atoms with Crippen molar-refractivity contribution >= 4 is 45.6 Å². The Kier molecular flexibility index (Phi) is 4.76. The zero-order chi connectivity index (χ0) is 15.5. The predicted molar refractivity (Wildman–Crippen MR) is 96.3 cm³/mol. The summed E-state index contributed by atoms with van der Waals surface area (Å²) in [7, 11) is 0. The summed E-state index contributed by atoms with van der Waals surface area (Å²) in [4.78, 5) is 0. The fraction of sp³-hybridized carbons (Fsp3) is 0.188. The molecule has 1 aliphatic heterocycles. The summed E-state index contributed by atoms with van der Waals surface area (Å²) in [6, 6.07) is 11.7. The van der Waals surface area contributed by atoms with Crippen LogP contribution in [-0.2, 0) is 5.75 Å². The molecule has 0 aromatic heterocycles. The standard InChI is InChI=1S/C16H14ClNO2S2/c1-10-2-4-12(7-13(10)17)18-16(21)22-8-11-3-5-14-15(6-11)20-9-19-14/h2-7H,8-9H2,1H3,(H,18,21). The lowest BCUT2D eigenvalue weighted by Gasteiger charge is -2.09. The molecule has 3 rings (SSSR count). The molecule has 1 heterocycles. The topological polar surface area (TPSA) is 30.5 Å². The van der Waals surface area contributed by atoms with Crippen LogP contribution in [0.2, 0.25) is 5.02 Å². The van der Waals surface area contributed by atoms with Crippen LogP contribution in [0.4, 0.5) is 5.69 Å². The van der Waals surface area contributed by atoms with Crippen LogP contribution in [-0.4, -0.2) is 11.1 Å². The minimum atomic E-state index is 0.292. The van der Waals surface area contributed by atoms with E-state index in [0.29, 0.717) is 11.1 Å². The van der Waals surface area contributed by atoms with Gasteiger partial charge in [0, 0.05) is 16.5 Å². The Hall–Kier alpha value is -1.43. The van der Waals surface area contributed by atoms with E-state index < -0.39 is 0 Å². The van der Waals surface area contributed by atoms with Gasteiger partial charge in [-0.05, 0) is 42.3 Å². The van der Waals surface area contributed by atoms with Gasteiger partial charge in [0.1, 0.15) is 4.32 Å². The van der Waals surface area contributed by atoms with Crippen molar-refractivity contribution in [1.82, 2.24) is 0 Å². The lowest BCUT2D eigenvalue weighted by molar-refractivity contribution is 0.174. The minimum absolute atomic E-state index is 0.292. The van der Waals surface area contributed by atoms with Crippen LogP contribution in [0.3, 0.4) is 0 Å². The van der Waals surface area contributed by atoms with Crippen molar-refractivity contribution in [3.63, 3.8) is 0 Å². The number of benzene rings is 2. The molecular weight excluding hydrogens is 338 g/mol. The Morgan fingerprint density at radius 1 is 1.23 bits per heavy atom. The van der Waals surface area contributed by atoms with Crippen LogP contribution in [0.5, 0.6) is 11.5 Å². The summed E-state index contributed by atoms with van der Waals surface area (Å²) in [6.07, 6.45) is 0. The second-order valence-corrected chi connectivity index (χ2v) is 6.91. The second-order valence-electron chi connectivity index (χ2n) is 4.85. The van der Waals surface area contributed by atoms with Crippen LogP contribution < -0.4 is 14.8 Å². The average Bonchev–Trinajstić information content (AvgIpc) is 2.96. The van der Waals surface area contributed by atoms with E-state index in [9.17, 15) is 0 Å². The van der Waals surface area contributed by atoms with Crippen molar-refractivity contribution in [2.75, 3.05) is 12.1 Å². The van der Waals surface area contributed by atoms with E-state index in [-0.39, 0.29) is 0 Å². The van der Waals surface area contributed by atoms with Gasteiger partial charge in [0.2, 0.25) is 6.79 Å². The fourth-order valence-electron chi connectivity index (χ4n) is 2.00. The smallest absolute Gasteiger partial charge is 0.231 e. The molecule has 0 aliphatic carbocycles. The first-order valence-electron chi connectivity index (χ1n) is 6.70. The van der Waals surface area contributed by atoms with Gasteiger partial charge in [-0.2, -0.15) is 0 Å².